The first-order chi connectivity index (χ1) is 12.9. The number of halogens is 1. The van der Waals surface area contributed by atoms with Crippen LogP contribution in [0.15, 0.2) is 58.3 Å². The van der Waals surface area contributed by atoms with Gasteiger partial charge in [0.15, 0.2) is 0 Å². The molecule has 0 amide bonds. The predicted octanol–water partition coefficient (Wildman–Crippen LogP) is 3.54. The van der Waals surface area contributed by atoms with Crippen molar-refractivity contribution in [3.63, 3.8) is 0 Å². The van der Waals surface area contributed by atoms with E-state index in [-0.39, 0.29) is 11.4 Å². The van der Waals surface area contributed by atoms with Gasteiger partial charge >= 0.3 is 5.97 Å². The number of aryl methyl sites for hydroxylation is 1. The number of esters is 1. The lowest BCUT2D eigenvalue weighted by Crippen LogP contribution is -2.19. The van der Waals surface area contributed by atoms with E-state index in [0.717, 1.165) is 0 Å². The number of hydrogen-bond donors (Lipinski definition) is 1. The zero-order valence-corrected chi connectivity index (χ0v) is 15.1. The molecule has 0 aliphatic rings. The van der Waals surface area contributed by atoms with Crippen LogP contribution in [0.25, 0.3) is 5.69 Å². The maximum Gasteiger partial charge on any atom is 0.337 e. The first kappa shape index (κ1) is 18.3. The fourth-order valence-corrected chi connectivity index (χ4v) is 2.78. The van der Waals surface area contributed by atoms with Crippen LogP contribution in [0.5, 0.6) is 0 Å². The number of aromatic nitrogens is 2. The van der Waals surface area contributed by atoms with Crippen LogP contribution < -0.4 is 5.56 Å². The van der Waals surface area contributed by atoms with Crippen molar-refractivity contribution in [1.82, 2.24) is 9.78 Å². The van der Waals surface area contributed by atoms with Crippen molar-refractivity contribution < 1.29 is 13.9 Å². The van der Waals surface area contributed by atoms with Crippen molar-refractivity contribution in [2.24, 2.45) is 4.99 Å². The second-order valence-corrected chi connectivity index (χ2v) is 5.96. The molecule has 2 aromatic carbocycles. The minimum atomic E-state index is -0.425. The van der Waals surface area contributed by atoms with Crippen LogP contribution in [0.3, 0.4) is 0 Å². The summed E-state index contributed by atoms with van der Waals surface area (Å²) in [4.78, 5) is 28.7. The van der Waals surface area contributed by atoms with Gasteiger partial charge < -0.3 is 4.74 Å². The van der Waals surface area contributed by atoms with Crippen LogP contribution >= 0.6 is 0 Å². The molecule has 0 bridgehead atoms. The van der Waals surface area contributed by atoms with Gasteiger partial charge in [0.05, 0.1) is 35.3 Å². The molecule has 0 saturated heterocycles. The monoisotopic (exact) mass is 367 g/mol. The highest BCUT2D eigenvalue weighted by molar-refractivity contribution is 6.01. The molecule has 0 saturated carbocycles. The quantitative estimate of drug-likeness (QED) is 0.566. The molecule has 0 fully saturated rings. The van der Waals surface area contributed by atoms with E-state index in [1.165, 1.54) is 36.1 Å². The summed E-state index contributed by atoms with van der Waals surface area (Å²) in [6.45, 7) is 3.51. The van der Waals surface area contributed by atoms with E-state index in [1.54, 1.807) is 38.1 Å². The van der Waals surface area contributed by atoms with Gasteiger partial charge in [0.2, 0.25) is 0 Å². The average molecular weight is 367 g/mol. The second-order valence-electron chi connectivity index (χ2n) is 5.96. The standard InChI is InChI=1S/C20H18FN3O3/c1-12(22-16-8-4-14(5-9-16)20(26)27-3)18-13(2)23-24(19(18)25)17-10-6-15(21)7-11-17/h4-11,23H,1-3H3. The molecule has 0 spiro atoms. The van der Waals surface area contributed by atoms with E-state index in [4.69, 9.17) is 0 Å². The van der Waals surface area contributed by atoms with Crippen molar-refractivity contribution in [2.75, 3.05) is 7.11 Å². The normalized spacial score (nSPS) is 11.5. The number of nitrogens with zero attached hydrogens (tertiary/aromatic N) is 2. The molecular weight excluding hydrogens is 349 g/mol. The number of benzene rings is 2. The number of nitrogens with one attached hydrogen (secondary N) is 1. The number of H-pyrrole nitrogens is 1. The maximum absolute atomic E-state index is 13.1. The van der Waals surface area contributed by atoms with Gasteiger partial charge in [-0.15, -0.1) is 0 Å². The zero-order valence-electron chi connectivity index (χ0n) is 15.1. The molecule has 1 N–H and O–H groups in total. The number of aliphatic imine (C=N–C) groups is 1. The van der Waals surface area contributed by atoms with Gasteiger partial charge in [-0.1, -0.05) is 0 Å². The maximum atomic E-state index is 13.1. The van der Waals surface area contributed by atoms with E-state index in [2.05, 4.69) is 14.8 Å². The summed E-state index contributed by atoms with van der Waals surface area (Å²) < 4.78 is 19.1. The molecule has 0 aliphatic heterocycles. The zero-order chi connectivity index (χ0) is 19.6. The molecular formula is C20H18FN3O3. The van der Waals surface area contributed by atoms with E-state index in [0.29, 0.717) is 33.9 Å². The number of carbonyl (C=O) groups is 1. The summed E-state index contributed by atoms with van der Waals surface area (Å²) >= 11 is 0. The van der Waals surface area contributed by atoms with Crippen molar-refractivity contribution >= 4 is 17.4 Å². The first-order valence-electron chi connectivity index (χ1n) is 8.22. The fourth-order valence-electron chi connectivity index (χ4n) is 2.78. The number of hydrogen-bond acceptors (Lipinski definition) is 4. The number of carbonyl (C=O) groups excluding carboxylic acids is 1. The minimum Gasteiger partial charge on any atom is -0.465 e. The van der Waals surface area contributed by atoms with Crippen molar-refractivity contribution in [3.8, 4) is 5.69 Å². The summed E-state index contributed by atoms with van der Waals surface area (Å²) in [7, 11) is 1.32. The molecule has 6 nitrogen and oxygen atoms in total. The Hall–Kier alpha value is -3.48. The molecule has 7 heteroatoms. The molecule has 0 atom stereocenters. The van der Waals surface area contributed by atoms with Crippen molar-refractivity contribution in [1.29, 1.82) is 0 Å². The summed E-state index contributed by atoms with van der Waals surface area (Å²) in [6.07, 6.45) is 0. The lowest BCUT2D eigenvalue weighted by molar-refractivity contribution is 0.0601. The molecule has 0 aliphatic carbocycles. The third kappa shape index (κ3) is 3.72. The Morgan fingerprint density at radius 3 is 2.33 bits per heavy atom. The van der Waals surface area contributed by atoms with E-state index >= 15 is 0 Å². The Labute approximate surface area is 154 Å². The van der Waals surface area contributed by atoms with Crippen LogP contribution in [0.2, 0.25) is 0 Å². The SMILES string of the molecule is COC(=O)c1ccc(N=C(C)c2c(C)[nH]n(-c3ccc(F)cc3)c2=O)cc1. The Bertz CT molecular complexity index is 1060. The van der Waals surface area contributed by atoms with Crippen LogP contribution in [0, 0.1) is 12.7 Å². The number of aromatic amines is 1. The van der Waals surface area contributed by atoms with Gasteiger partial charge in [0.1, 0.15) is 5.82 Å². The largest absolute Gasteiger partial charge is 0.465 e. The Balaban J connectivity index is 1.96. The van der Waals surface area contributed by atoms with Gasteiger partial charge in [0, 0.05) is 5.69 Å². The Morgan fingerprint density at radius 2 is 1.74 bits per heavy atom. The molecule has 138 valence electrons. The summed E-state index contributed by atoms with van der Waals surface area (Å²) in [5, 5.41) is 2.99. The molecule has 3 aromatic rings. The van der Waals surface area contributed by atoms with Gasteiger partial charge in [-0.3, -0.25) is 14.9 Å². The van der Waals surface area contributed by atoms with Gasteiger partial charge in [-0.25, -0.2) is 13.9 Å². The topological polar surface area (TPSA) is 76.4 Å². The minimum absolute atomic E-state index is 0.272. The summed E-state index contributed by atoms with van der Waals surface area (Å²) in [6, 6.07) is 12.2. The third-order valence-electron chi connectivity index (χ3n) is 4.10. The van der Waals surface area contributed by atoms with Gasteiger partial charge in [-0.2, -0.15) is 0 Å². The molecule has 1 aromatic heterocycles. The predicted molar refractivity (Wildman–Crippen MR) is 101 cm³/mol. The molecule has 0 unspecified atom stereocenters. The summed E-state index contributed by atoms with van der Waals surface area (Å²) in [5.74, 6) is -0.797. The van der Waals surface area contributed by atoms with Crippen molar-refractivity contribution in [2.45, 2.75) is 13.8 Å². The van der Waals surface area contributed by atoms with Crippen LogP contribution in [-0.2, 0) is 4.74 Å². The van der Waals surface area contributed by atoms with Gasteiger partial charge in [0.25, 0.3) is 5.56 Å². The second kappa shape index (κ2) is 7.41. The fraction of sp³-hybridized carbons (Fsp3) is 0.150. The smallest absolute Gasteiger partial charge is 0.337 e. The Kier molecular flexibility index (Phi) is 5.03. The summed E-state index contributed by atoms with van der Waals surface area (Å²) in [5.41, 5.74) is 2.91. The van der Waals surface area contributed by atoms with E-state index in [1.807, 2.05) is 0 Å². The number of methoxy groups -OCH3 is 1. The highest BCUT2D eigenvalue weighted by Gasteiger charge is 2.15. The van der Waals surface area contributed by atoms with Gasteiger partial charge in [-0.05, 0) is 62.4 Å². The van der Waals surface area contributed by atoms with Crippen molar-refractivity contribution in [3.05, 3.63) is 81.5 Å². The van der Waals surface area contributed by atoms with Crippen LogP contribution in [0.1, 0.15) is 28.5 Å². The average Bonchev–Trinajstić information content (AvgIpc) is 2.96. The van der Waals surface area contributed by atoms with Crippen LogP contribution in [-0.4, -0.2) is 28.6 Å². The lowest BCUT2D eigenvalue weighted by Gasteiger charge is -2.01. The molecule has 1 heterocycles. The molecule has 3 rings (SSSR count). The van der Waals surface area contributed by atoms with E-state index in [9.17, 15) is 14.0 Å². The molecule has 27 heavy (non-hydrogen) atoms. The Morgan fingerprint density at radius 1 is 1.11 bits per heavy atom. The highest BCUT2D eigenvalue weighted by atomic mass is 19.1. The van der Waals surface area contributed by atoms with E-state index < -0.39 is 5.97 Å². The number of rotatable bonds is 4. The third-order valence-corrected chi connectivity index (χ3v) is 4.10. The van der Waals surface area contributed by atoms with Crippen LogP contribution in [0.4, 0.5) is 10.1 Å². The first-order valence-corrected chi connectivity index (χ1v) is 8.22. The number of ether oxygens (including phenoxy) is 1. The highest BCUT2D eigenvalue weighted by Crippen LogP contribution is 2.16. The lowest BCUT2D eigenvalue weighted by atomic mass is 10.1. The molecule has 0 radical (unpaired) electrons.